The van der Waals surface area contributed by atoms with Gasteiger partial charge in [-0.1, -0.05) is 49.3 Å². The van der Waals surface area contributed by atoms with Gasteiger partial charge in [-0.05, 0) is 47.9 Å². The predicted octanol–water partition coefficient (Wildman–Crippen LogP) is 5.24. The van der Waals surface area contributed by atoms with Gasteiger partial charge in [-0.2, -0.15) is 0 Å². The summed E-state index contributed by atoms with van der Waals surface area (Å²) in [6, 6.07) is 15.0. The molecule has 0 saturated heterocycles. The van der Waals surface area contributed by atoms with Gasteiger partial charge < -0.3 is 9.73 Å². The summed E-state index contributed by atoms with van der Waals surface area (Å²) < 4.78 is 5.58. The minimum atomic E-state index is -0.123. The highest BCUT2D eigenvalue weighted by Crippen LogP contribution is 2.24. The van der Waals surface area contributed by atoms with Crippen LogP contribution in [0.1, 0.15) is 25.3 Å². The van der Waals surface area contributed by atoms with E-state index in [9.17, 15) is 4.79 Å². The number of nitrogens with one attached hydrogen (secondary N) is 1. The van der Waals surface area contributed by atoms with Crippen LogP contribution in [0, 0.1) is 0 Å². The van der Waals surface area contributed by atoms with Crippen LogP contribution in [0.25, 0.3) is 11.5 Å². The molecule has 2 aromatic carbocycles. The van der Waals surface area contributed by atoms with Crippen LogP contribution in [-0.2, 0) is 4.79 Å². The first-order valence-electron chi connectivity index (χ1n) is 8.13. The first-order valence-corrected chi connectivity index (χ1v) is 9.49. The highest BCUT2D eigenvalue weighted by molar-refractivity contribution is 7.99. The number of nitrogens with zero attached hydrogens (tertiary/aromatic N) is 2. The van der Waals surface area contributed by atoms with Gasteiger partial charge in [0.1, 0.15) is 0 Å². The van der Waals surface area contributed by atoms with E-state index in [2.05, 4.69) is 29.4 Å². The molecular weight excluding hydrogens is 370 g/mol. The summed E-state index contributed by atoms with van der Waals surface area (Å²) in [5.74, 6) is 0.871. The number of aromatic nitrogens is 2. The van der Waals surface area contributed by atoms with Crippen LogP contribution in [-0.4, -0.2) is 21.9 Å². The molecule has 0 unspecified atom stereocenters. The molecule has 0 atom stereocenters. The first-order chi connectivity index (χ1) is 12.5. The second-order valence-electron chi connectivity index (χ2n) is 6.00. The van der Waals surface area contributed by atoms with E-state index in [-0.39, 0.29) is 11.7 Å². The summed E-state index contributed by atoms with van der Waals surface area (Å²) in [6.45, 7) is 4.23. The van der Waals surface area contributed by atoms with E-state index in [0.717, 1.165) is 11.3 Å². The third kappa shape index (κ3) is 4.86. The van der Waals surface area contributed by atoms with Gasteiger partial charge in [-0.25, -0.2) is 0 Å². The zero-order valence-corrected chi connectivity index (χ0v) is 16.0. The second kappa shape index (κ2) is 8.38. The Labute approximate surface area is 161 Å². The van der Waals surface area contributed by atoms with Crippen LogP contribution in [0.2, 0.25) is 5.02 Å². The highest BCUT2D eigenvalue weighted by atomic mass is 35.5. The van der Waals surface area contributed by atoms with Gasteiger partial charge in [0.15, 0.2) is 0 Å². The number of carbonyl (C=O) groups excluding carboxylic acids is 1. The molecule has 0 aliphatic heterocycles. The molecule has 3 rings (SSSR count). The second-order valence-corrected chi connectivity index (χ2v) is 7.36. The molecule has 0 fully saturated rings. The Morgan fingerprint density at radius 3 is 2.69 bits per heavy atom. The van der Waals surface area contributed by atoms with Gasteiger partial charge in [0, 0.05) is 16.3 Å². The van der Waals surface area contributed by atoms with E-state index in [1.54, 1.807) is 24.3 Å². The van der Waals surface area contributed by atoms with E-state index >= 15 is 0 Å². The number of rotatable bonds is 6. The largest absolute Gasteiger partial charge is 0.411 e. The number of benzene rings is 2. The number of halogens is 1. The van der Waals surface area contributed by atoms with E-state index in [1.807, 2.05) is 24.3 Å². The third-order valence-electron chi connectivity index (χ3n) is 3.66. The van der Waals surface area contributed by atoms with Crippen LogP contribution in [0.3, 0.4) is 0 Å². The molecule has 0 spiro atoms. The summed E-state index contributed by atoms with van der Waals surface area (Å²) in [6.07, 6.45) is 0. The summed E-state index contributed by atoms with van der Waals surface area (Å²) in [4.78, 5) is 12.1. The summed E-state index contributed by atoms with van der Waals surface area (Å²) in [5.41, 5.74) is 2.75. The molecule has 5 nitrogen and oxygen atoms in total. The standard InChI is InChI=1S/C19H18ClN3O2S/c1-12(2)14-4-3-5-16(10-14)21-17(24)11-26-19-23-22-18(25-19)13-6-8-15(20)9-7-13/h3-10,12H,11H2,1-2H3,(H,21,24). The van der Waals surface area contributed by atoms with Crippen LogP contribution in [0.5, 0.6) is 0 Å². The van der Waals surface area contributed by atoms with Crippen molar-refractivity contribution in [2.45, 2.75) is 25.0 Å². The topological polar surface area (TPSA) is 68.0 Å². The van der Waals surface area contributed by atoms with Gasteiger partial charge in [-0.15, -0.1) is 10.2 Å². The van der Waals surface area contributed by atoms with E-state index in [1.165, 1.54) is 17.3 Å². The Morgan fingerprint density at radius 2 is 1.96 bits per heavy atom. The molecular formula is C19H18ClN3O2S. The van der Waals surface area contributed by atoms with Gasteiger partial charge in [-0.3, -0.25) is 4.79 Å². The molecule has 7 heteroatoms. The van der Waals surface area contributed by atoms with Crippen molar-refractivity contribution in [1.29, 1.82) is 0 Å². The fourth-order valence-corrected chi connectivity index (χ4v) is 2.97. The molecule has 0 aliphatic carbocycles. The van der Waals surface area contributed by atoms with Gasteiger partial charge >= 0.3 is 0 Å². The Hall–Kier alpha value is -2.31. The number of carbonyl (C=O) groups is 1. The number of anilines is 1. The van der Waals surface area contributed by atoms with Crippen molar-refractivity contribution in [3.05, 3.63) is 59.1 Å². The van der Waals surface area contributed by atoms with E-state index in [0.29, 0.717) is 22.1 Å². The van der Waals surface area contributed by atoms with Crippen molar-refractivity contribution < 1.29 is 9.21 Å². The van der Waals surface area contributed by atoms with Gasteiger partial charge in [0.05, 0.1) is 5.75 Å². The van der Waals surface area contributed by atoms with Gasteiger partial charge in [0.25, 0.3) is 5.22 Å². The fourth-order valence-electron chi connectivity index (χ4n) is 2.28. The minimum Gasteiger partial charge on any atom is -0.411 e. The maximum Gasteiger partial charge on any atom is 0.277 e. The molecule has 1 amide bonds. The molecule has 26 heavy (non-hydrogen) atoms. The van der Waals surface area contributed by atoms with Crippen molar-refractivity contribution >= 4 is 35.0 Å². The van der Waals surface area contributed by atoms with E-state index < -0.39 is 0 Å². The molecule has 0 saturated carbocycles. The quantitative estimate of drug-likeness (QED) is 0.585. The lowest BCUT2D eigenvalue weighted by Crippen LogP contribution is -2.14. The lowest BCUT2D eigenvalue weighted by Gasteiger charge is -2.09. The smallest absolute Gasteiger partial charge is 0.277 e. The summed E-state index contributed by atoms with van der Waals surface area (Å²) in [5, 5.41) is 11.8. The summed E-state index contributed by atoms with van der Waals surface area (Å²) >= 11 is 7.07. The Morgan fingerprint density at radius 1 is 1.19 bits per heavy atom. The molecule has 0 aliphatic rings. The van der Waals surface area contributed by atoms with Crippen molar-refractivity contribution in [3.63, 3.8) is 0 Å². The fraction of sp³-hybridized carbons (Fsp3) is 0.211. The number of hydrogen-bond acceptors (Lipinski definition) is 5. The molecule has 0 radical (unpaired) electrons. The molecule has 3 aromatic rings. The lowest BCUT2D eigenvalue weighted by atomic mass is 10.0. The highest BCUT2D eigenvalue weighted by Gasteiger charge is 2.12. The number of thioether (sulfide) groups is 1. The Bertz CT molecular complexity index is 894. The minimum absolute atomic E-state index is 0.123. The average Bonchev–Trinajstić information content (AvgIpc) is 3.10. The van der Waals surface area contributed by atoms with Crippen LogP contribution in [0.15, 0.2) is 58.2 Å². The van der Waals surface area contributed by atoms with Crippen molar-refractivity contribution in [3.8, 4) is 11.5 Å². The van der Waals surface area contributed by atoms with Crippen molar-refractivity contribution in [2.75, 3.05) is 11.1 Å². The first kappa shape index (κ1) is 18.5. The number of hydrogen-bond donors (Lipinski definition) is 1. The SMILES string of the molecule is CC(C)c1cccc(NC(=O)CSc2nnc(-c3ccc(Cl)cc3)o2)c1. The molecule has 0 bridgehead atoms. The summed E-state index contributed by atoms with van der Waals surface area (Å²) in [7, 11) is 0. The molecule has 1 heterocycles. The Kier molecular flexibility index (Phi) is 5.96. The zero-order chi connectivity index (χ0) is 18.5. The molecule has 1 N–H and O–H groups in total. The lowest BCUT2D eigenvalue weighted by molar-refractivity contribution is -0.113. The number of amides is 1. The van der Waals surface area contributed by atoms with Crippen LogP contribution >= 0.6 is 23.4 Å². The van der Waals surface area contributed by atoms with E-state index in [4.69, 9.17) is 16.0 Å². The maximum atomic E-state index is 12.1. The van der Waals surface area contributed by atoms with Crippen molar-refractivity contribution in [1.82, 2.24) is 10.2 Å². The average molecular weight is 388 g/mol. The monoisotopic (exact) mass is 387 g/mol. The Balaban J connectivity index is 1.56. The van der Waals surface area contributed by atoms with Crippen LogP contribution < -0.4 is 5.32 Å². The maximum absolute atomic E-state index is 12.1. The molecule has 1 aromatic heterocycles. The normalized spacial score (nSPS) is 10.9. The third-order valence-corrected chi connectivity index (χ3v) is 4.73. The zero-order valence-electron chi connectivity index (χ0n) is 14.4. The van der Waals surface area contributed by atoms with Gasteiger partial charge in [0.2, 0.25) is 11.8 Å². The molecule has 134 valence electrons. The van der Waals surface area contributed by atoms with Crippen molar-refractivity contribution in [2.24, 2.45) is 0 Å². The van der Waals surface area contributed by atoms with Crippen LogP contribution in [0.4, 0.5) is 5.69 Å². The predicted molar refractivity (Wildman–Crippen MR) is 105 cm³/mol.